The van der Waals surface area contributed by atoms with E-state index in [0.29, 0.717) is 5.39 Å². The van der Waals surface area contributed by atoms with Crippen LogP contribution in [0.1, 0.15) is 5.56 Å². The van der Waals surface area contributed by atoms with Crippen molar-refractivity contribution in [2.75, 3.05) is 0 Å². The van der Waals surface area contributed by atoms with Crippen molar-refractivity contribution in [2.24, 2.45) is 0 Å². The molecule has 0 saturated heterocycles. The van der Waals surface area contributed by atoms with Crippen LogP contribution in [0.3, 0.4) is 0 Å². The molecule has 0 atom stereocenters. The Hall–Kier alpha value is -3.98. The normalized spacial score (nSPS) is 11.0. The summed E-state index contributed by atoms with van der Waals surface area (Å²) in [6.45, 7) is 2.05. The molecule has 0 spiro atoms. The molecule has 0 aliphatic heterocycles. The summed E-state index contributed by atoms with van der Waals surface area (Å²) in [5.74, 6) is 0. The molecular formula is C27H20N2O. The zero-order valence-corrected chi connectivity index (χ0v) is 16.6. The van der Waals surface area contributed by atoms with Gasteiger partial charge < -0.3 is 0 Å². The van der Waals surface area contributed by atoms with Gasteiger partial charge in [-0.3, -0.25) is 14.3 Å². The Morgan fingerprint density at radius 2 is 1.33 bits per heavy atom. The Morgan fingerprint density at radius 1 is 0.700 bits per heavy atom. The molecule has 0 bridgehead atoms. The highest BCUT2D eigenvalue weighted by Gasteiger charge is 2.21. The highest BCUT2D eigenvalue weighted by atomic mass is 16.1. The van der Waals surface area contributed by atoms with Crippen molar-refractivity contribution < 1.29 is 0 Å². The van der Waals surface area contributed by atoms with Crippen LogP contribution in [-0.2, 0) is 0 Å². The maximum absolute atomic E-state index is 13.7. The minimum atomic E-state index is -0.0690. The summed E-state index contributed by atoms with van der Waals surface area (Å²) < 4.78 is 1.82. The zero-order valence-electron chi connectivity index (χ0n) is 16.6. The van der Waals surface area contributed by atoms with Crippen molar-refractivity contribution >= 4 is 10.9 Å². The van der Waals surface area contributed by atoms with Gasteiger partial charge in [-0.15, -0.1) is 0 Å². The van der Waals surface area contributed by atoms with Gasteiger partial charge in [0.05, 0.1) is 16.6 Å². The molecule has 0 N–H and O–H groups in total. The van der Waals surface area contributed by atoms with Gasteiger partial charge in [0.25, 0.3) is 5.56 Å². The van der Waals surface area contributed by atoms with E-state index in [2.05, 4.69) is 17.1 Å². The van der Waals surface area contributed by atoms with Gasteiger partial charge in [0.15, 0.2) is 0 Å². The third-order valence-corrected chi connectivity index (χ3v) is 5.34. The highest BCUT2D eigenvalue weighted by molar-refractivity contribution is 6.00. The van der Waals surface area contributed by atoms with Gasteiger partial charge in [-0.05, 0) is 42.3 Å². The second kappa shape index (κ2) is 7.45. The predicted molar refractivity (Wildman–Crippen MR) is 123 cm³/mol. The number of hydrogen-bond acceptors (Lipinski definition) is 2. The molecule has 2 heterocycles. The Labute approximate surface area is 174 Å². The number of hydrogen-bond donors (Lipinski definition) is 0. The molecule has 5 aromatic rings. The fourth-order valence-electron chi connectivity index (χ4n) is 3.91. The molecule has 0 saturated carbocycles. The number of pyridine rings is 2. The predicted octanol–water partition coefficient (Wildman–Crippen LogP) is 6.03. The maximum Gasteiger partial charge on any atom is 0.265 e. The first kappa shape index (κ1) is 18.1. The van der Waals surface area contributed by atoms with Gasteiger partial charge >= 0.3 is 0 Å². The van der Waals surface area contributed by atoms with E-state index in [1.807, 2.05) is 96.4 Å². The monoisotopic (exact) mass is 388 g/mol. The topological polar surface area (TPSA) is 34.9 Å². The Morgan fingerprint density at radius 3 is 2.00 bits per heavy atom. The van der Waals surface area contributed by atoms with Gasteiger partial charge in [0.2, 0.25) is 0 Å². The van der Waals surface area contributed by atoms with Crippen LogP contribution in [0.4, 0.5) is 0 Å². The molecule has 2 aromatic heterocycles. The summed E-state index contributed by atoms with van der Waals surface area (Å²) >= 11 is 0. The van der Waals surface area contributed by atoms with Gasteiger partial charge in [-0.25, -0.2) is 0 Å². The average molecular weight is 388 g/mol. The van der Waals surface area contributed by atoms with E-state index in [-0.39, 0.29) is 5.56 Å². The summed E-state index contributed by atoms with van der Waals surface area (Å²) in [5.41, 5.74) is 6.45. The van der Waals surface area contributed by atoms with Crippen LogP contribution in [0.2, 0.25) is 0 Å². The minimum Gasteiger partial charge on any atom is -0.276 e. The number of aryl methyl sites for hydroxylation is 1. The van der Waals surface area contributed by atoms with E-state index in [9.17, 15) is 4.79 Å². The third kappa shape index (κ3) is 3.01. The van der Waals surface area contributed by atoms with E-state index >= 15 is 0 Å². The molecule has 144 valence electrons. The lowest BCUT2D eigenvalue weighted by Gasteiger charge is -2.20. The van der Waals surface area contributed by atoms with E-state index in [1.165, 1.54) is 0 Å². The summed E-state index contributed by atoms with van der Waals surface area (Å²) in [6, 6.07) is 32.0. The van der Waals surface area contributed by atoms with Crippen molar-refractivity contribution in [3.05, 3.63) is 119 Å². The molecule has 5 rings (SSSR count). The molecule has 30 heavy (non-hydrogen) atoms. The summed E-state index contributed by atoms with van der Waals surface area (Å²) in [4.78, 5) is 18.4. The molecule has 0 amide bonds. The van der Waals surface area contributed by atoms with Gasteiger partial charge in [0.1, 0.15) is 0 Å². The van der Waals surface area contributed by atoms with Gasteiger partial charge in [-0.2, -0.15) is 0 Å². The van der Waals surface area contributed by atoms with Crippen LogP contribution < -0.4 is 5.56 Å². The SMILES string of the molecule is Cc1ccc(-n2c(-c3ccccc3)c(-c3ccccc3)c3ncccc3c2=O)cc1. The minimum absolute atomic E-state index is 0.0690. The van der Waals surface area contributed by atoms with E-state index in [1.54, 1.807) is 6.20 Å². The molecule has 3 heteroatoms. The summed E-state index contributed by atoms with van der Waals surface area (Å²) in [6.07, 6.45) is 1.75. The van der Waals surface area contributed by atoms with E-state index < -0.39 is 0 Å². The van der Waals surface area contributed by atoms with Crippen molar-refractivity contribution in [1.29, 1.82) is 0 Å². The second-order valence-corrected chi connectivity index (χ2v) is 7.33. The molecule has 0 fully saturated rings. The average Bonchev–Trinajstić information content (AvgIpc) is 2.81. The zero-order chi connectivity index (χ0) is 20.5. The first-order chi connectivity index (χ1) is 14.7. The van der Waals surface area contributed by atoms with Crippen LogP contribution in [0, 0.1) is 6.92 Å². The Bertz CT molecular complexity index is 1390. The summed E-state index contributed by atoms with van der Waals surface area (Å²) in [7, 11) is 0. The smallest absolute Gasteiger partial charge is 0.265 e. The molecule has 0 unspecified atom stereocenters. The largest absolute Gasteiger partial charge is 0.276 e. The lowest BCUT2D eigenvalue weighted by Crippen LogP contribution is -2.22. The number of aromatic nitrogens is 2. The fraction of sp³-hybridized carbons (Fsp3) is 0.0370. The van der Waals surface area contributed by atoms with Crippen molar-refractivity contribution in [3.63, 3.8) is 0 Å². The second-order valence-electron chi connectivity index (χ2n) is 7.33. The number of benzene rings is 3. The molecule has 3 aromatic carbocycles. The van der Waals surface area contributed by atoms with Crippen LogP contribution in [-0.4, -0.2) is 9.55 Å². The van der Waals surface area contributed by atoms with Crippen molar-refractivity contribution in [1.82, 2.24) is 9.55 Å². The van der Waals surface area contributed by atoms with Crippen molar-refractivity contribution in [2.45, 2.75) is 6.92 Å². The highest BCUT2D eigenvalue weighted by Crippen LogP contribution is 2.37. The van der Waals surface area contributed by atoms with Gasteiger partial charge in [-0.1, -0.05) is 78.4 Å². The molecule has 0 aliphatic carbocycles. The summed E-state index contributed by atoms with van der Waals surface area (Å²) in [5, 5.41) is 0.608. The standard InChI is InChI=1S/C27H20N2O/c1-19-14-16-22(17-15-19)29-26(21-11-6-3-7-12-21)24(20-9-4-2-5-10-20)25-23(27(29)30)13-8-18-28-25/h2-18H,1H3. The number of rotatable bonds is 3. The first-order valence-corrected chi connectivity index (χ1v) is 9.95. The molecule has 0 radical (unpaired) electrons. The number of fused-ring (bicyclic) bond motifs is 1. The lowest BCUT2D eigenvalue weighted by molar-refractivity contribution is 1.01. The van der Waals surface area contributed by atoms with Gasteiger partial charge in [0, 0.05) is 17.4 Å². The molecule has 0 aliphatic rings. The fourth-order valence-corrected chi connectivity index (χ4v) is 3.91. The third-order valence-electron chi connectivity index (χ3n) is 5.34. The number of nitrogens with zero attached hydrogens (tertiary/aromatic N) is 2. The van der Waals surface area contributed by atoms with Crippen LogP contribution in [0.25, 0.3) is 39.0 Å². The Kier molecular flexibility index (Phi) is 4.49. The molecule has 3 nitrogen and oxygen atoms in total. The van der Waals surface area contributed by atoms with E-state index in [4.69, 9.17) is 0 Å². The Balaban J connectivity index is 2.02. The maximum atomic E-state index is 13.7. The molecular weight excluding hydrogens is 368 g/mol. The van der Waals surface area contributed by atoms with Crippen LogP contribution >= 0.6 is 0 Å². The van der Waals surface area contributed by atoms with Crippen LogP contribution in [0.15, 0.2) is 108 Å². The van der Waals surface area contributed by atoms with Crippen molar-refractivity contribution in [3.8, 4) is 28.1 Å². The van der Waals surface area contributed by atoms with Crippen LogP contribution in [0.5, 0.6) is 0 Å². The first-order valence-electron chi connectivity index (χ1n) is 9.95. The quantitative estimate of drug-likeness (QED) is 0.378. The van der Waals surface area contributed by atoms with E-state index in [0.717, 1.165) is 39.2 Å². The lowest BCUT2D eigenvalue weighted by atomic mass is 9.95.